The lowest BCUT2D eigenvalue weighted by Gasteiger charge is -2.25. The van der Waals surface area contributed by atoms with Crippen molar-refractivity contribution < 1.29 is 19.4 Å². The number of ether oxygens (including phenoxy) is 1. The van der Waals surface area contributed by atoms with Crippen molar-refractivity contribution >= 4 is 17.7 Å². The third-order valence-corrected chi connectivity index (χ3v) is 2.24. The molecule has 98 valence electrons. The standard InChI is InChI=1S/C10H14N4O4/c1-10(5-18-2,9(16)17)14-8(15)6-7(11)13-4-3-12-6/h3-4H,5H2,1-2H3,(H2,11,13)(H,14,15)(H,16,17). The summed E-state index contributed by atoms with van der Waals surface area (Å²) < 4.78 is 4.77. The van der Waals surface area contributed by atoms with E-state index in [-0.39, 0.29) is 18.1 Å². The highest BCUT2D eigenvalue weighted by Gasteiger charge is 2.36. The van der Waals surface area contributed by atoms with E-state index >= 15 is 0 Å². The Labute approximate surface area is 103 Å². The van der Waals surface area contributed by atoms with Gasteiger partial charge in [0.05, 0.1) is 6.61 Å². The molecular weight excluding hydrogens is 240 g/mol. The second kappa shape index (κ2) is 5.41. The highest BCUT2D eigenvalue weighted by Crippen LogP contribution is 2.09. The van der Waals surface area contributed by atoms with Crippen LogP contribution in [0.25, 0.3) is 0 Å². The van der Waals surface area contributed by atoms with Gasteiger partial charge in [-0.3, -0.25) is 4.79 Å². The number of methoxy groups -OCH3 is 1. The van der Waals surface area contributed by atoms with Crippen molar-refractivity contribution in [3.63, 3.8) is 0 Å². The predicted molar refractivity (Wildman–Crippen MR) is 61.8 cm³/mol. The lowest BCUT2D eigenvalue weighted by atomic mass is 10.0. The molecule has 0 bridgehead atoms. The Morgan fingerprint density at radius 1 is 1.50 bits per heavy atom. The van der Waals surface area contributed by atoms with Crippen LogP contribution in [0.15, 0.2) is 12.4 Å². The van der Waals surface area contributed by atoms with Crippen molar-refractivity contribution in [1.82, 2.24) is 15.3 Å². The smallest absolute Gasteiger partial charge is 0.331 e. The summed E-state index contributed by atoms with van der Waals surface area (Å²) in [6.45, 7) is 1.14. The molecule has 18 heavy (non-hydrogen) atoms. The number of nitrogen functional groups attached to an aromatic ring is 1. The number of aliphatic carboxylic acids is 1. The summed E-state index contributed by atoms with van der Waals surface area (Å²) in [7, 11) is 1.34. The van der Waals surface area contributed by atoms with Gasteiger partial charge in [-0.15, -0.1) is 0 Å². The Kier molecular flexibility index (Phi) is 4.16. The zero-order valence-corrected chi connectivity index (χ0v) is 10.0. The Hall–Kier alpha value is -2.22. The summed E-state index contributed by atoms with van der Waals surface area (Å²) in [4.78, 5) is 30.4. The van der Waals surface area contributed by atoms with Crippen LogP contribution in [-0.2, 0) is 9.53 Å². The van der Waals surface area contributed by atoms with E-state index in [1.54, 1.807) is 0 Å². The summed E-state index contributed by atoms with van der Waals surface area (Å²) in [5.74, 6) is -2.01. The summed E-state index contributed by atoms with van der Waals surface area (Å²) in [5, 5.41) is 11.4. The molecule has 0 aliphatic heterocycles. The molecule has 8 nitrogen and oxygen atoms in total. The molecule has 1 rings (SSSR count). The van der Waals surface area contributed by atoms with E-state index in [2.05, 4.69) is 15.3 Å². The van der Waals surface area contributed by atoms with Gasteiger partial charge in [0.2, 0.25) is 0 Å². The van der Waals surface area contributed by atoms with Crippen LogP contribution < -0.4 is 11.1 Å². The quantitative estimate of drug-likeness (QED) is 0.632. The van der Waals surface area contributed by atoms with Crippen molar-refractivity contribution in [2.75, 3.05) is 19.5 Å². The first kappa shape index (κ1) is 13.8. The van der Waals surface area contributed by atoms with Crippen LogP contribution in [0.2, 0.25) is 0 Å². The SMILES string of the molecule is COCC(C)(NC(=O)c1nccnc1N)C(=O)O. The molecule has 0 saturated heterocycles. The fourth-order valence-corrected chi connectivity index (χ4v) is 1.27. The van der Waals surface area contributed by atoms with Crippen LogP contribution in [0, 0.1) is 0 Å². The van der Waals surface area contributed by atoms with Crippen molar-refractivity contribution in [3.05, 3.63) is 18.1 Å². The Morgan fingerprint density at radius 2 is 2.11 bits per heavy atom. The lowest BCUT2D eigenvalue weighted by molar-refractivity contribution is -0.145. The van der Waals surface area contributed by atoms with Gasteiger partial charge < -0.3 is 20.9 Å². The molecular formula is C10H14N4O4. The number of carboxylic acid groups (broad SMARTS) is 1. The van der Waals surface area contributed by atoms with E-state index in [4.69, 9.17) is 15.6 Å². The maximum atomic E-state index is 11.8. The number of amides is 1. The molecule has 1 heterocycles. The molecule has 0 spiro atoms. The minimum Gasteiger partial charge on any atom is -0.479 e. The average Bonchev–Trinajstić information content (AvgIpc) is 2.29. The predicted octanol–water partition coefficient (Wildman–Crippen LogP) is -0.722. The summed E-state index contributed by atoms with van der Waals surface area (Å²) >= 11 is 0. The molecule has 0 radical (unpaired) electrons. The average molecular weight is 254 g/mol. The molecule has 0 aliphatic rings. The maximum absolute atomic E-state index is 11.8. The van der Waals surface area contributed by atoms with E-state index in [1.807, 2.05) is 0 Å². The van der Waals surface area contributed by atoms with Gasteiger partial charge in [-0.05, 0) is 6.92 Å². The molecule has 1 amide bonds. The number of nitrogens with one attached hydrogen (secondary N) is 1. The Morgan fingerprint density at radius 3 is 2.61 bits per heavy atom. The summed E-state index contributed by atoms with van der Waals surface area (Å²) in [6.07, 6.45) is 2.62. The molecule has 0 aromatic carbocycles. The van der Waals surface area contributed by atoms with Gasteiger partial charge >= 0.3 is 5.97 Å². The van der Waals surface area contributed by atoms with Crippen molar-refractivity contribution in [2.45, 2.75) is 12.5 Å². The third-order valence-electron chi connectivity index (χ3n) is 2.24. The molecule has 1 atom stereocenters. The van der Waals surface area contributed by atoms with E-state index < -0.39 is 17.4 Å². The van der Waals surface area contributed by atoms with Crippen molar-refractivity contribution in [2.24, 2.45) is 0 Å². The molecule has 1 unspecified atom stereocenters. The minimum absolute atomic E-state index is 0.0693. The van der Waals surface area contributed by atoms with Gasteiger partial charge in [0.1, 0.15) is 0 Å². The van der Waals surface area contributed by atoms with Crippen LogP contribution in [0.1, 0.15) is 17.4 Å². The molecule has 0 fully saturated rings. The molecule has 4 N–H and O–H groups in total. The molecule has 1 aromatic rings. The molecule has 8 heteroatoms. The van der Waals surface area contributed by atoms with Crippen molar-refractivity contribution in [1.29, 1.82) is 0 Å². The van der Waals surface area contributed by atoms with Gasteiger partial charge in [-0.2, -0.15) is 0 Å². The number of rotatable bonds is 5. The van der Waals surface area contributed by atoms with Crippen LogP contribution in [0.3, 0.4) is 0 Å². The Bertz CT molecular complexity index is 465. The normalized spacial score (nSPS) is 13.7. The van der Waals surface area contributed by atoms with E-state index in [0.717, 1.165) is 0 Å². The van der Waals surface area contributed by atoms with E-state index in [1.165, 1.54) is 26.4 Å². The molecule has 0 saturated carbocycles. The lowest BCUT2D eigenvalue weighted by Crippen LogP contribution is -2.55. The van der Waals surface area contributed by atoms with Gasteiger partial charge in [0, 0.05) is 19.5 Å². The van der Waals surface area contributed by atoms with Gasteiger partial charge in [0.15, 0.2) is 17.1 Å². The topological polar surface area (TPSA) is 127 Å². The van der Waals surface area contributed by atoms with Crippen LogP contribution in [0.4, 0.5) is 5.82 Å². The zero-order valence-electron chi connectivity index (χ0n) is 10.0. The minimum atomic E-state index is -1.56. The van der Waals surface area contributed by atoms with E-state index in [9.17, 15) is 9.59 Å². The number of nitrogens with two attached hydrogens (primary N) is 1. The fourth-order valence-electron chi connectivity index (χ4n) is 1.27. The summed E-state index contributed by atoms with van der Waals surface area (Å²) in [5.41, 5.74) is 3.79. The first-order chi connectivity index (χ1) is 8.40. The first-order valence-electron chi connectivity index (χ1n) is 5.02. The number of carbonyl (C=O) groups excluding carboxylic acids is 1. The monoisotopic (exact) mass is 254 g/mol. The van der Waals surface area contributed by atoms with E-state index in [0.29, 0.717) is 0 Å². The first-order valence-corrected chi connectivity index (χ1v) is 5.02. The number of nitrogens with zero attached hydrogens (tertiary/aromatic N) is 2. The maximum Gasteiger partial charge on any atom is 0.331 e. The molecule has 0 aliphatic carbocycles. The Balaban J connectivity index is 2.93. The number of anilines is 1. The largest absolute Gasteiger partial charge is 0.479 e. The second-order valence-electron chi connectivity index (χ2n) is 3.81. The number of hydrogen-bond donors (Lipinski definition) is 3. The number of aromatic nitrogens is 2. The molecule has 1 aromatic heterocycles. The van der Waals surface area contributed by atoms with Crippen LogP contribution in [0.5, 0.6) is 0 Å². The second-order valence-corrected chi connectivity index (χ2v) is 3.81. The highest BCUT2D eigenvalue weighted by atomic mass is 16.5. The van der Waals surface area contributed by atoms with Crippen LogP contribution >= 0.6 is 0 Å². The van der Waals surface area contributed by atoms with Gasteiger partial charge in [-0.25, -0.2) is 14.8 Å². The number of hydrogen-bond acceptors (Lipinski definition) is 6. The number of carboxylic acids is 1. The highest BCUT2D eigenvalue weighted by molar-refractivity contribution is 5.99. The summed E-state index contributed by atoms with van der Waals surface area (Å²) in [6, 6.07) is 0. The van der Waals surface area contributed by atoms with Crippen molar-refractivity contribution in [3.8, 4) is 0 Å². The third kappa shape index (κ3) is 2.92. The number of carbonyl (C=O) groups is 2. The fraction of sp³-hybridized carbons (Fsp3) is 0.400. The van der Waals surface area contributed by atoms with Gasteiger partial charge in [0.25, 0.3) is 5.91 Å². The van der Waals surface area contributed by atoms with Crippen LogP contribution in [-0.4, -0.2) is 46.2 Å². The van der Waals surface area contributed by atoms with Gasteiger partial charge in [-0.1, -0.05) is 0 Å². The zero-order chi connectivity index (χ0) is 13.8.